The number of thiophene rings is 1. The number of carbonyl (C=O) groups is 1. The zero-order valence-corrected chi connectivity index (χ0v) is 20.7. The molecule has 1 N–H and O–H groups in total. The quantitative estimate of drug-likeness (QED) is 0.311. The fourth-order valence-electron chi connectivity index (χ4n) is 4.71. The summed E-state index contributed by atoms with van der Waals surface area (Å²) in [6.07, 6.45) is 1.78. The second-order valence-electron chi connectivity index (χ2n) is 9.23. The number of benzene rings is 3. The molecule has 3 aromatic carbocycles. The molecule has 7 heteroatoms. The zero-order valence-electron chi connectivity index (χ0n) is 19.9. The van der Waals surface area contributed by atoms with Crippen LogP contribution in [0.2, 0.25) is 0 Å². The Kier molecular flexibility index (Phi) is 5.87. The first-order chi connectivity index (χ1) is 17.5. The van der Waals surface area contributed by atoms with Gasteiger partial charge in [0.05, 0.1) is 12.1 Å². The van der Waals surface area contributed by atoms with E-state index in [-0.39, 0.29) is 11.7 Å². The molecule has 1 amide bonds. The number of hydrogen-bond donors (Lipinski definition) is 1. The number of carbonyl (C=O) groups excluding carboxylic acids is 1. The monoisotopic (exact) mass is 496 g/mol. The second kappa shape index (κ2) is 9.33. The van der Waals surface area contributed by atoms with Crippen LogP contribution in [0, 0.1) is 5.82 Å². The van der Waals surface area contributed by atoms with E-state index in [4.69, 9.17) is 0 Å². The van der Waals surface area contributed by atoms with Crippen LogP contribution in [-0.4, -0.2) is 47.4 Å². The van der Waals surface area contributed by atoms with E-state index in [2.05, 4.69) is 44.8 Å². The Morgan fingerprint density at radius 1 is 1.03 bits per heavy atom. The number of nitrogens with zero attached hydrogens (tertiary/aromatic N) is 3. The van der Waals surface area contributed by atoms with Gasteiger partial charge in [-0.25, -0.2) is 4.39 Å². The highest BCUT2D eigenvalue weighted by molar-refractivity contribution is 7.17. The molecule has 2 aromatic heterocycles. The van der Waals surface area contributed by atoms with Crippen molar-refractivity contribution in [3.63, 3.8) is 0 Å². The van der Waals surface area contributed by atoms with Crippen LogP contribution in [0.1, 0.15) is 5.56 Å². The third-order valence-corrected chi connectivity index (χ3v) is 7.66. The van der Waals surface area contributed by atoms with Crippen molar-refractivity contribution in [2.45, 2.75) is 6.54 Å². The first kappa shape index (κ1) is 22.6. The maximum atomic E-state index is 15.3. The van der Waals surface area contributed by atoms with Gasteiger partial charge in [0.2, 0.25) is 5.91 Å². The van der Waals surface area contributed by atoms with Crippen molar-refractivity contribution in [3.8, 4) is 11.1 Å². The van der Waals surface area contributed by atoms with Gasteiger partial charge in [-0.05, 0) is 70.4 Å². The van der Waals surface area contributed by atoms with Crippen molar-refractivity contribution in [2.24, 2.45) is 0 Å². The van der Waals surface area contributed by atoms with Crippen molar-refractivity contribution in [2.75, 3.05) is 32.0 Å². The Morgan fingerprint density at radius 2 is 1.94 bits per heavy atom. The lowest BCUT2D eigenvalue weighted by Gasteiger charge is -2.31. The molecule has 1 aliphatic rings. The average Bonchev–Trinajstić information content (AvgIpc) is 3.34. The van der Waals surface area contributed by atoms with Gasteiger partial charge in [-0.3, -0.25) is 14.7 Å². The van der Waals surface area contributed by atoms with Crippen LogP contribution in [0.3, 0.4) is 0 Å². The molecule has 1 fully saturated rings. The molecule has 36 heavy (non-hydrogen) atoms. The minimum Gasteiger partial charge on any atom is -0.355 e. The van der Waals surface area contributed by atoms with Crippen molar-refractivity contribution < 1.29 is 9.18 Å². The summed E-state index contributed by atoms with van der Waals surface area (Å²) in [4.78, 5) is 20.3. The number of halogens is 1. The Balaban J connectivity index is 1.28. The lowest BCUT2D eigenvalue weighted by Crippen LogP contribution is -2.47. The molecule has 5 aromatic rings. The molecule has 0 radical (unpaired) electrons. The van der Waals surface area contributed by atoms with Gasteiger partial charge in [-0.15, -0.1) is 11.3 Å². The van der Waals surface area contributed by atoms with Gasteiger partial charge < -0.3 is 10.2 Å². The summed E-state index contributed by atoms with van der Waals surface area (Å²) in [5, 5.41) is 7.74. The van der Waals surface area contributed by atoms with Gasteiger partial charge >= 0.3 is 0 Å². The van der Waals surface area contributed by atoms with Crippen molar-refractivity contribution in [1.29, 1.82) is 0 Å². The van der Waals surface area contributed by atoms with Gasteiger partial charge in [0, 0.05) is 59.9 Å². The number of nitrogens with one attached hydrogen (secondary N) is 1. The molecule has 0 saturated carbocycles. The Morgan fingerprint density at radius 3 is 2.81 bits per heavy atom. The molecule has 180 valence electrons. The highest BCUT2D eigenvalue weighted by Crippen LogP contribution is 2.32. The predicted molar refractivity (Wildman–Crippen MR) is 145 cm³/mol. The van der Waals surface area contributed by atoms with E-state index in [1.165, 1.54) is 10.1 Å². The first-order valence-corrected chi connectivity index (χ1v) is 12.8. The van der Waals surface area contributed by atoms with Crippen LogP contribution >= 0.6 is 11.3 Å². The third kappa shape index (κ3) is 4.43. The number of anilines is 2. The van der Waals surface area contributed by atoms with Gasteiger partial charge in [0.15, 0.2) is 0 Å². The number of fused-ring (bicyclic) bond motifs is 2. The average molecular weight is 497 g/mol. The van der Waals surface area contributed by atoms with Crippen LogP contribution in [0.4, 0.5) is 15.8 Å². The number of piperazine rings is 1. The smallest absolute Gasteiger partial charge is 0.236 e. The van der Waals surface area contributed by atoms with E-state index < -0.39 is 0 Å². The van der Waals surface area contributed by atoms with E-state index in [9.17, 15) is 4.79 Å². The lowest BCUT2D eigenvalue weighted by atomic mass is 10.00. The summed E-state index contributed by atoms with van der Waals surface area (Å²) in [5.41, 5.74) is 4.97. The van der Waals surface area contributed by atoms with Crippen LogP contribution in [0.5, 0.6) is 0 Å². The lowest BCUT2D eigenvalue weighted by molar-refractivity contribution is -0.134. The van der Waals surface area contributed by atoms with Crippen molar-refractivity contribution in [1.82, 2.24) is 14.8 Å². The number of amides is 1. The van der Waals surface area contributed by atoms with E-state index in [0.717, 1.165) is 39.9 Å². The molecular weight excluding hydrogens is 471 g/mol. The molecule has 0 spiro atoms. The van der Waals surface area contributed by atoms with E-state index in [1.807, 2.05) is 43.4 Å². The van der Waals surface area contributed by atoms with Crippen LogP contribution in [0.15, 0.2) is 78.3 Å². The fourth-order valence-corrected chi connectivity index (χ4v) is 5.49. The Labute approximate surface area is 212 Å². The number of aromatic nitrogens is 1. The molecule has 1 saturated heterocycles. The number of likely N-dealkylation sites (N-methyl/N-ethyl adjacent to an activating group) is 1. The molecule has 1 aliphatic heterocycles. The number of rotatable bonds is 5. The Bertz CT molecular complexity index is 1600. The van der Waals surface area contributed by atoms with Crippen LogP contribution in [-0.2, 0) is 11.3 Å². The van der Waals surface area contributed by atoms with Crippen LogP contribution in [0.25, 0.3) is 32.1 Å². The van der Waals surface area contributed by atoms with Gasteiger partial charge in [0.1, 0.15) is 5.82 Å². The largest absolute Gasteiger partial charge is 0.355 e. The van der Waals surface area contributed by atoms with Crippen molar-refractivity contribution in [3.05, 3.63) is 89.7 Å². The minimum absolute atomic E-state index is 0.0998. The SMILES string of the molecule is CN1CCN(Cc2ccc(-c3ccc4nccc(Nc5ccc6sccc6c5)c4c3)c(F)c2)CC1=O. The molecule has 3 heterocycles. The molecule has 0 unspecified atom stereocenters. The summed E-state index contributed by atoms with van der Waals surface area (Å²) in [7, 11) is 1.82. The Hall–Kier alpha value is -3.81. The molecule has 0 aliphatic carbocycles. The highest BCUT2D eigenvalue weighted by atomic mass is 32.1. The topological polar surface area (TPSA) is 48.5 Å². The summed E-state index contributed by atoms with van der Waals surface area (Å²) in [6.45, 7) is 2.41. The number of hydrogen-bond acceptors (Lipinski definition) is 5. The van der Waals surface area contributed by atoms with Crippen LogP contribution < -0.4 is 5.32 Å². The molecular formula is C29H25FN4OS. The molecule has 6 rings (SSSR count). The summed E-state index contributed by atoms with van der Waals surface area (Å²) in [6, 6.07) is 21.6. The van der Waals surface area contributed by atoms with E-state index in [0.29, 0.717) is 25.2 Å². The first-order valence-electron chi connectivity index (χ1n) is 11.9. The molecule has 0 atom stereocenters. The highest BCUT2D eigenvalue weighted by Gasteiger charge is 2.21. The number of pyridine rings is 1. The van der Waals surface area contributed by atoms with Gasteiger partial charge in [-0.1, -0.05) is 18.2 Å². The van der Waals surface area contributed by atoms with Crippen molar-refractivity contribution >= 4 is 49.6 Å². The maximum absolute atomic E-state index is 15.3. The van der Waals surface area contributed by atoms with E-state index in [1.54, 1.807) is 28.5 Å². The predicted octanol–water partition coefficient (Wildman–Crippen LogP) is 6.27. The second-order valence-corrected chi connectivity index (χ2v) is 10.2. The standard InChI is InChI=1S/C29H25FN4OS/c1-33-11-12-34(18-29(33)35)17-19-2-5-23(25(30)14-19)20-3-6-26-24(16-20)27(8-10-31-26)32-22-4-7-28-21(15-22)9-13-36-28/h2-10,13-16H,11-12,17-18H2,1H3,(H,31,32). The summed E-state index contributed by atoms with van der Waals surface area (Å²) >= 11 is 1.72. The minimum atomic E-state index is -0.270. The molecule has 5 nitrogen and oxygen atoms in total. The van der Waals surface area contributed by atoms with Gasteiger partial charge in [-0.2, -0.15) is 0 Å². The third-order valence-electron chi connectivity index (χ3n) is 6.76. The summed E-state index contributed by atoms with van der Waals surface area (Å²) in [5.74, 6) is -0.170. The summed E-state index contributed by atoms with van der Waals surface area (Å²) < 4.78 is 16.5. The van der Waals surface area contributed by atoms with Gasteiger partial charge in [0.25, 0.3) is 0 Å². The fraction of sp³-hybridized carbons (Fsp3) is 0.172. The normalized spacial score (nSPS) is 14.6. The zero-order chi connectivity index (χ0) is 24.6. The maximum Gasteiger partial charge on any atom is 0.236 e. The van der Waals surface area contributed by atoms with E-state index >= 15 is 4.39 Å². The molecule has 0 bridgehead atoms.